The van der Waals surface area contributed by atoms with Crippen molar-refractivity contribution in [2.75, 3.05) is 0 Å². The summed E-state index contributed by atoms with van der Waals surface area (Å²) in [6.45, 7) is 0. The van der Waals surface area contributed by atoms with Crippen molar-refractivity contribution in [3.8, 4) is 33.5 Å². The second-order valence-corrected chi connectivity index (χ2v) is 9.22. The van der Waals surface area contributed by atoms with Crippen LogP contribution in [0.15, 0.2) is 140 Å². The molecule has 6 aromatic carbocycles. The molecule has 168 valence electrons. The van der Waals surface area contributed by atoms with Crippen molar-refractivity contribution < 1.29 is 0 Å². The Morgan fingerprint density at radius 3 is 1.42 bits per heavy atom. The zero-order valence-corrected chi connectivity index (χ0v) is 19.7. The van der Waals surface area contributed by atoms with Gasteiger partial charge < -0.3 is 0 Å². The Bertz CT molecular complexity index is 1830. The molecule has 1 aromatic heterocycles. The minimum Gasteiger partial charge on any atom is -0.256 e. The van der Waals surface area contributed by atoms with Gasteiger partial charge in [-0.1, -0.05) is 109 Å². The van der Waals surface area contributed by atoms with E-state index in [9.17, 15) is 0 Å². The summed E-state index contributed by atoms with van der Waals surface area (Å²) in [5, 5.41) is 7.83. The Hall–Kier alpha value is -4.75. The van der Waals surface area contributed by atoms with Crippen LogP contribution in [0.3, 0.4) is 0 Å². The summed E-state index contributed by atoms with van der Waals surface area (Å²) in [5.74, 6) is 0. The monoisotopic (exact) mass is 457 g/mol. The number of fused-ring (bicyclic) bond motifs is 6. The fourth-order valence-corrected chi connectivity index (χ4v) is 5.33. The van der Waals surface area contributed by atoms with Crippen molar-refractivity contribution in [3.05, 3.63) is 140 Å². The Labute approximate surface area is 210 Å². The number of aromatic nitrogens is 1. The van der Waals surface area contributed by atoms with Crippen molar-refractivity contribution in [2.45, 2.75) is 0 Å². The number of nitrogens with zero attached hydrogens (tertiary/aromatic N) is 1. The highest BCUT2D eigenvalue weighted by molar-refractivity contribution is 6.25. The zero-order valence-electron chi connectivity index (χ0n) is 19.7. The molecule has 0 saturated carbocycles. The zero-order chi connectivity index (χ0) is 23.9. The average molecular weight is 458 g/mol. The van der Waals surface area contributed by atoms with Crippen molar-refractivity contribution >= 4 is 32.3 Å². The van der Waals surface area contributed by atoms with Crippen LogP contribution in [0.5, 0.6) is 0 Å². The fraction of sp³-hybridized carbons (Fsp3) is 0. The van der Waals surface area contributed by atoms with Crippen molar-refractivity contribution in [1.82, 2.24) is 4.98 Å². The predicted octanol–water partition coefficient (Wildman–Crippen LogP) is 9.54. The molecule has 0 saturated heterocycles. The van der Waals surface area contributed by atoms with Crippen LogP contribution < -0.4 is 0 Å². The van der Waals surface area contributed by atoms with Crippen LogP contribution in [-0.2, 0) is 0 Å². The third-order valence-corrected chi connectivity index (χ3v) is 7.12. The van der Waals surface area contributed by atoms with Crippen molar-refractivity contribution in [2.24, 2.45) is 0 Å². The van der Waals surface area contributed by atoms with Gasteiger partial charge in [0.1, 0.15) is 0 Å². The molecule has 0 spiro atoms. The first-order chi connectivity index (χ1) is 17.8. The van der Waals surface area contributed by atoms with E-state index in [1.807, 2.05) is 18.3 Å². The molecule has 0 aliphatic carbocycles. The number of benzene rings is 6. The van der Waals surface area contributed by atoms with E-state index in [-0.39, 0.29) is 0 Å². The summed E-state index contributed by atoms with van der Waals surface area (Å²) < 4.78 is 0. The van der Waals surface area contributed by atoms with Gasteiger partial charge in [0.25, 0.3) is 0 Å². The Kier molecular flexibility index (Phi) is 4.85. The Balaban J connectivity index is 1.31. The molecule has 1 nitrogen and oxygen atoms in total. The van der Waals surface area contributed by atoms with Gasteiger partial charge in [-0.2, -0.15) is 0 Å². The largest absolute Gasteiger partial charge is 0.256 e. The third kappa shape index (κ3) is 3.45. The predicted molar refractivity (Wildman–Crippen MR) is 153 cm³/mol. The van der Waals surface area contributed by atoms with Gasteiger partial charge in [-0.05, 0) is 78.8 Å². The first-order valence-electron chi connectivity index (χ1n) is 12.3. The molecule has 7 aromatic rings. The summed E-state index contributed by atoms with van der Waals surface area (Å²) >= 11 is 0. The lowest BCUT2D eigenvalue weighted by Gasteiger charge is -2.12. The van der Waals surface area contributed by atoms with Crippen LogP contribution >= 0.6 is 0 Å². The SMILES string of the molecule is c1ccc(-c2cccc(-c3ccc(-c4ccc5c6ccccc6c6ccccc6c5c4)cc3)c2)nc1. The van der Waals surface area contributed by atoms with E-state index in [0.29, 0.717) is 0 Å². The molecule has 1 heteroatoms. The van der Waals surface area contributed by atoms with Crippen LogP contribution in [-0.4, -0.2) is 4.98 Å². The molecular formula is C35H23N. The van der Waals surface area contributed by atoms with Crippen molar-refractivity contribution in [1.29, 1.82) is 0 Å². The van der Waals surface area contributed by atoms with Gasteiger partial charge in [-0.3, -0.25) is 4.98 Å². The molecule has 0 fully saturated rings. The molecule has 1 heterocycles. The summed E-state index contributed by atoms with van der Waals surface area (Å²) in [4.78, 5) is 4.50. The van der Waals surface area contributed by atoms with Crippen LogP contribution in [0.25, 0.3) is 65.8 Å². The number of pyridine rings is 1. The van der Waals surface area contributed by atoms with E-state index in [1.54, 1.807) is 0 Å². The molecular weight excluding hydrogens is 434 g/mol. The lowest BCUT2D eigenvalue weighted by molar-refractivity contribution is 1.33. The molecule has 7 rings (SSSR count). The maximum Gasteiger partial charge on any atom is 0.0702 e. The molecule has 36 heavy (non-hydrogen) atoms. The lowest BCUT2D eigenvalue weighted by atomic mass is 9.91. The minimum absolute atomic E-state index is 0.992. The maximum absolute atomic E-state index is 4.50. The van der Waals surface area contributed by atoms with Gasteiger partial charge in [0.2, 0.25) is 0 Å². The van der Waals surface area contributed by atoms with Crippen LogP contribution in [0, 0.1) is 0 Å². The standard InChI is InChI=1S/C35H23N/c1-2-12-31-29(10-1)30-11-3-4-13-32(30)34-23-27(19-20-33(31)34)25-17-15-24(16-18-25)26-8-7-9-28(22-26)35-14-5-6-21-36-35/h1-23H. The van der Waals surface area contributed by atoms with E-state index in [2.05, 4.69) is 126 Å². The van der Waals surface area contributed by atoms with Gasteiger partial charge in [0.15, 0.2) is 0 Å². The third-order valence-electron chi connectivity index (χ3n) is 7.12. The van der Waals surface area contributed by atoms with Gasteiger partial charge in [-0.25, -0.2) is 0 Å². The molecule has 0 radical (unpaired) electrons. The lowest BCUT2D eigenvalue weighted by Crippen LogP contribution is -1.86. The quantitative estimate of drug-likeness (QED) is 0.241. The minimum atomic E-state index is 0.992. The molecule has 0 bridgehead atoms. The van der Waals surface area contributed by atoms with E-state index in [0.717, 1.165) is 11.3 Å². The van der Waals surface area contributed by atoms with E-state index < -0.39 is 0 Å². The molecule has 0 atom stereocenters. The molecule has 0 N–H and O–H groups in total. The van der Waals surface area contributed by atoms with Gasteiger partial charge in [-0.15, -0.1) is 0 Å². The first-order valence-corrected chi connectivity index (χ1v) is 12.3. The first kappa shape index (κ1) is 20.6. The highest BCUT2D eigenvalue weighted by atomic mass is 14.7. The highest BCUT2D eigenvalue weighted by Gasteiger charge is 2.10. The summed E-state index contributed by atoms with van der Waals surface area (Å²) in [6, 6.07) is 47.9. The second kappa shape index (κ2) is 8.48. The van der Waals surface area contributed by atoms with Gasteiger partial charge >= 0.3 is 0 Å². The van der Waals surface area contributed by atoms with Crippen LogP contribution in [0.4, 0.5) is 0 Å². The number of hydrogen-bond acceptors (Lipinski definition) is 1. The topological polar surface area (TPSA) is 12.9 Å². The summed E-state index contributed by atoms with van der Waals surface area (Å²) in [5.41, 5.74) is 6.97. The smallest absolute Gasteiger partial charge is 0.0702 e. The van der Waals surface area contributed by atoms with Gasteiger partial charge in [0.05, 0.1) is 5.69 Å². The second-order valence-electron chi connectivity index (χ2n) is 9.22. The molecule has 0 amide bonds. The number of hydrogen-bond donors (Lipinski definition) is 0. The molecule has 0 unspecified atom stereocenters. The Morgan fingerprint density at radius 2 is 0.806 bits per heavy atom. The van der Waals surface area contributed by atoms with Gasteiger partial charge in [0, 0.05) is 11.8 Å². The average Bonchev–Trinajstić information content (AvgIpc) is 2.98. The normalized spacial score (nSPS) is 11.3. The van der Waals surface area contributed by atoms with Crippen molar-refractivity contribution in [3.63, 3.8) is 0 Å². The molecule has 0 aliphatic rings. The Morgan fingerprint density at radius 1 is 0.306 bits per heavy atom. The maximum atomic E-state index is 4.50. The molecule has 0 aliphatic heterocycles. The van der Waals surface area contributed by atoms with E-state index >= 15 is 0 Å². The van der Waals surface area contributed by atoms with E-state index in [4.69, 9.17) is 0 Å². The summed E-state index contributed by atoms with van der Waals surface area (Å²) in [6.07, 6.45) is 1.84. The summed E-state index contributed by atoms with van der Waals surface area (Å²) in [7, 11) is 0. The fourth-order valence-electron chi connectivity index (χ4n) is 5.33. The number of rotatable bonds is 3. The van der Waals surface area contributed by atoms with E-state index in [1.165, 1.54) is 54.6 Å². The van der Waals surface area contributed by atoms with Crippen LogP contribution in [0.1, 0.15) is 0 Å². The highest BCUT2D eigenvalue weighted by Crippen LogP contribution is 2.37. The van der Waals surface area contributed by atoms with Crippen LogP contribution in [0.2, 0.25) is 0 Å².